The maximum Gasteiger partial charge on any atom is 0.161 e. The fraction of sp³-hybridized carbons (Fsp3) is 0.227. The van der Waals surface area contributed by atoms with E-state index in [-0.39, 0.29) is 6.61 Å². The summed E-state index contributed by atoms with van der Waals surface area (Å²) in [7, 11) is 5.07. The van der Waals surface area contributed by atoms with E-state index >= 15 is 0 Å². The number of rotatable bonds is 7. The minimum Gasteiger partial charge on any atom is -0.493 e. The molecule has 0 aliphatic rings. The van der Waals surface area contributed by atoms with Gasteiger partial charge in [-0.25, -0.2) is 4.98 Å². The number of methoxy groups -OCH3 is 2. The van der Waals surface area contributed by atoms with Crippen LogP contribution >= 0.6 is 11.8 Å². The van der Waals surface area contributed by atoms with Crippen molar-refractivity contribution >= 4 is 23.3 Å². The fourth-order valence-electron chi connectivity index (χ4n) is 2.43. The summed E-state index contributed by atoms with van der Waals surface area (Å²) in [6, 6.07) is 17.6. The Kier molecular flexibility index (Phi) is 9.14. The largest absolute Gasteiger partial charge is 0.493 e. The molecule has 0 radical (unpaired) electrons. The zero-order chi connectivity index (χ0) is 21.1. The van der Waals surface area contributed by atoms with Gasteiger partial charge >= 0.3 is 0 Å². The Hall–Kier alpha value is -2.90. The summed E-state index contributed by atoms with van der Waals surface area (Å²) in [6.45, 7) is 0.0142. The lowest BCUT2D eigenvalue weighted by Crippen LogP contribution is -1.92. The van der Waals surface area contributed by atoms with Gasteiger partial charge in [-0.05, 0) is 47.5 Å². The van der Waals surface area contributed by atoms with E-state index in [1.807, 2.05) is 19.2 Å². The number of nitrogens with two attached hydrogens (primary N) is 1. The number of nitrogen functional groups attached to an aromatic ring is 1. The molecule has 2 aromatic carbocycles. The predicted octanol–water partition coefficient (Wildman–Crippen LogP) is 4.19. The van der Waals surface area contributed by atoms with Gasteiger partial charge in [-0.2, -0.15) is 0 Å². The van der Waals surface area contributed by atoms with Crippen molar-refractivity contribution in [2.45, 2.75) is 17.3 Å². The first-order valence-corrected chi connectivity index (χ1v) is 10.0. The summed E-state index contributed by atoms with van der Waals surface area (Å²) in [5.74, 6) is 2.82. The monoisotopic (exact) mass is 413 g/mol. The van der Waals surface area contributed by atoms with Crippen LogP contribution in [0.2, 0.25) is 0 Å². The van der Waals surface area contributed by atoms with Gasteiger partial charge in [0.2, 0.25) is 0 Å². The number of nitrogens with zero attached hydrogens (tertiary/aromatic N) is 1. The molecule has 29 heavy (non-hydrogen) atoms. The van der Waals surface area contributed by atoms with Crippen LogP contribution in [0.3, 0.4) is 0 Å². The lowest BCUT2D eigenvalue weighted by molar-refractivity contribution is 0.280. The summed E-state index contributed by atoms with van der Waals surface area (Å²) in [5.41, 5.74) is 9.00. The molecule has 154 valence electrons. The lowest BCUT2D eigenvalue weighted by Gasteiger charge is -2.07. The Balaban J connectivity index is 0.000000221. The molecule has 0 unspecified atom stereocenters. The second kappa shape index (κ2) is 11.8. The molecule has 0 bridgehead atoms. The SMILES string of the molecule is CNc1ccc(CSc2cccnc2N)cc1.COc1ccc(CO)cc1OC. The quantitative estimate of drug-likeness (QED) is 0.500. The van der Waals surface area contributed by atoms with Crippen LogP contribution in [-0.4, -0.2) is 31.4 Å². The van der Waals surface area contributed by atoms with Crippen LogP contribution in [0.15, 0.2) is 65.7 Å². The second-order valence-corrected chi connectivity index (χ2v) is 6.99. The molecule has 1 heterocycles. The minimum absolute atomic E-state index is 0.0142. The summed E-state index contributed by atoms with van der Waals surface area (Å²) in [6.07, 6.45) is 1.71. The molecule has 1 aromatic heterocycles. The molecule has 0 atom stereocenters. The van der Waals surface area contributed by atoms with Crippen molar-refractivity contribution in [2.24, 2.45) is 0 Å². The van der Waals surface area contributed by atoms with Gasteiger partial charge in [-0.15, -0.1) is 11.8 Å². The maximum absolute atomic E-state index is 8.82. The number of ether oxygens (including phenoxy) is 2. The zero-order valence-corrected chi connectivity index (χ0v) is 17.7. The van der Waals surface area contributed by atoms with Gasteiger partial charge in [0.1, 0.15) is 5.82 Å². The smallest absolute Gasteiger partial charge is 0.161 e. The standard InChI is InChI=1S/C13H15N3S.C9H12O3/c1-15-11-6-4-10(5-7-11)9-17-12-3-2-8-16-13(12)14;1-11-8-4-3-7(6-10)5-9(8)12-2/h2-8,15H,9H2,1H3,(H2,14,16);3-5,10H,6H2,1-2H3. The highest BCUT2D eigenvalue weighted by Crippen LogP contribution is 2.27. The van der Waals surface area contributed by atoms with E-state index in [1.165, 1.54) is 5.56 Å². The molecule has 3 rings (SSSR count). The van der Waals surface area contributed by atoms with Gasteiger partial charge < -0.3 is 25.6 Å². The Labute approximate surface area is 176 Å². The van der Waals surface area contributed by atoms with E-state index < -0.39 is 0 Å². The highest BCUT2D eigenvalue weighted by atomic mass is 32.2. The van der Waals surface area contributed by atoms with Crippen LogP contribution < -0.4 is 20.5 Å². The van der Waals surface area contributed by atoms with Crippen molar-refractivity contribution in [2.75, 3.05) is 32.3 Å². The Bertz CT molecular complexity index is 889. The Morgan fingerprint density at radius 2 is 1.69 bits per heavy atom. The predicted molar refractivity (Wildman–Crippen MR) is 120 cm³/mol. The summed E-state index contributed by atoms with van der Waals surface area (Å²) < 4.78 is 10.1. The van der Waals surface area contributed by atoms with E-state index in [1.54, 1.807) is 50.4 Å². The number of anilines is 2. The molecule has 4 N–H and O–H groups in total. The van der Waals surface area contributed by atoms with Gasteiger partial charge in [-0.3, -0.25) is 0 Å². The molecule has 0 fully saturated rings. The molecule has 3 aromatic rings. The number of hydrogen-bond donors (Lipinski definition) is 3. The van der Waals surface area contributed by atoms with E-state index in [0.717, 1.165) is 21.9 Å². The van der Waals surface area contributed by atoms with Gasteiger partial charge in [0, 0.05) is 29.6 Å². The molecular formula is C22H27N3O3S. The van der Waals surface area contributed by atoms with Crippen LogP contribution in [0.5, 0.6) is 11.5 Å². The van der Waals surface area contributed by atoms with Gasteiger partial charge in [0.15, 0.2) is 11.5 Å². The van der Waals surface area contributed by atoms with Crippen molar-refractivity contribution in [3.05, 3.63) is 71.9 Å². The first kappa shape index (κ1) is 22.4. The van der Waals surface area contributed by atoms with Gasteiger partial charge in [0.05, 0.1) is 20.8 Å². The number of benzene rings is 2. The van der Waals surface area contributed by atoms with Crippen molar-refractivity contribution in [1.29, 1.82) is 0 Å². The van der Waals surface area contributed by atoms with E-state index in [2.05, 4.69) is 34.6 Å². The molecule has 0 aliphatic carbocycles. The van der Waals surface area contributed by atoms with Crippen LogP contribution in [0.4, 0.5) is 11.5 Å². The number of aliphatic hydroxyl groups excluding tert-OH is 1. The first-order valence-electron chi connectivity index (χ1n) is 9.03. The summed E-state index contributed by atoms with van der Waals surface area (Å²) in [4.78, 5) is 5.10. The van der Waals surface area contributed by atoms with Gasteiger partial charge in [0.25, 0.3) is 0 Å². The molecule has 6 nitrogen and oxygen atoms in total. The van der Waals surface area contributed by atoms with Crippen LogP contribution in [0.25, 0.3) is 0 Å². The van der Waals surface area contributed by atoms with Crippen molar-refractivity contribution in [3.8, 4) is 11.5 Å². The lowest BCUT2D eigenvalue weighted by atomic mass is 10.2. The van der Waals surface area contributed by atoms with E-state index in [9.17, 15) is 0 Å². The molecule has 0 amide bonds. The maximum atomic E-state index is 8.82. The third-order valence-corrected chi connectivity index (χ3v) is 5.20. The molecule has 0 saturated heterocycles. The summed E-state index contributed by atoms with van der Waals surface area (Å²) >= 11 is 1.71. The number of nitrogens with one attached hydrogen (secondary N) is 1. The topological polar surface area (TPSA) is 89.6 Å². The number of pyridine rings is 1. The van der Waals surface area contributed by atoms with Crippen molar-refractivity contribution in [1.82, 2.24) is 4.98 Å². The molecule has 0 saturated carbocycles. The average molecular weight is 414 g/mol. The minimum atomic E-state index is 0.0142. The normalized spacial score (nSPS) is 9.93. The molecule has 0 aliphatic heterocycles. The van der Waals surface area contributed by atoms with Gasteiger partial charge in [-0.1, -0.05) is 18.2 Å². The Morgan fingerprint density at radius 1 is 1.00 bits per heavy atom. The van der Waals surface area contributed by atoms with Crippen LogP contribution in [0, 0.1) is 0 Å². The van der Waals surface area contributed by atoms with E-state index in [4.69, 9.17) is 20.3 Å². The highest BCUT2D eigenvalue weighted by Gasteiger charge is 2.03. The zero-order valence-electron chi connectivity index (χ0n) is 16.9. The van der Waals surface area contributed by atoms with Crippen LogP contribution in [0.1, 0.15) is 11.1 Å². The first-order chi connectivity index (χ1) is 14.1. The number of aliphatic hydroxyl groups is 1. The summed E-state index contributed by atoms with van der Waals surface area (Å²) in [5, 5.41) is 11.9. The number of aromatic nitrogens is 1. The number of thioether (sulfide) groups is 1. The molecular weight excluding hydrogens is 386 g/mol. The second-order valence-electron chi connectivity index (χ2n) is 5.97. The van der Waals surface area contributed by atoms with Crippen molar-refractivity contribution < 1.29 is 14.6 Å². The van der Waals surface area contributed by atoms with E-state index in [0.29, 0.717) is 17.3 Å². The molecule has 7 heteroatoms. The van der Waals surface area contributed by atoms with Crippen LogP contribution in [-0.2, 0) is 12.4 Å². The highest BCUT2D eigenvalue weighted by molar-refractivity contribution is 7.98. The number of hydrogen-bond acceptors (Lipinski definition) is 7. The van der Waals surface area contributed by atoms with Crippen molar-refractivity contribution in [3.63, 3.8) is 0 Å². The fourth-order valence-corrected chi connectivity index (χ4v) is 3.32. The molecule has 0 spiro atoms. The Morgan fingerprint density at radius 3 is 2.28 bits per heavy atom. The third kappa shape index (κ3) is 6.89. The third-order valence-electron chi connectivity index (χ3n) is 4.07. The average Bonchev–Trinajstić information content (AvgIpc) is 2.78.